The molecule has 0 saturated carbocycles. The van der Waals surface area contributed by atoms with E-state index in [9.17, 15) is 9.59 Å². The fourth-order valence-electron chi connectivity index (χ4n) is 6.17. The molecule has 0 spiro atoms. The summed E-state index contributed by atoms with van der Waals surface area (Å²) in [6.07, 6.45) is 2.33. The van der Waals surface area contributed by atoms with E-state index in [-0.39, 0.29) is 29.0 Å². The van der Waals surface area contributed by atoms with E-state index in [0.717, 1.165) is 35.4 Å². The Labute approximate surface area is 249 Å². The molecule has 8 heteroatoms. The number of carbonyl (C=O) groups excluding carboxylic acids is 2. The minimum Gasteiger partial charge on any atom is -0.486 e. The Kier molecular flexibility index (Phi) is 7.42. The van der Waals surface area contributed by atoms with Crippen molar-refractivity contribution < 1.29 is 14.3 Å². The summed E-state index contributed by atoms with van der Waals surface area (Å²) in [5.74, 6) is -0.0794. The van der Waals surface area contributed by atoms with Crippen LogP contribution in [0.25, 0.3) is 0 Å². The van der Waals surface area contributed by atoms with Crippen LogP contribution in [-0.2, 0) is 16.2 Å². The molecule has 2 aromatic rings. The van der Waals surface area contributed by atoms with E-state index < -0.39 is 5.92 Å². The first-order valence-electron chi connectivity index (χ1n) is 13.0. The second-order valence-electron chi connectivity index (χ2n) is 12.4. The Balaban J connectivity index is 1.59. The summed E-state index contributed by atoms with van der Waals surface area (Å²) in [5.41, 5.74) is 4.44. The molecule has 0 fully saturated rings. The summed E-state index contributed by atoms with van der Waals surface area (Å²) >= 11 is 25.8. The van der Waals surface area contributed by atoms with Crippen LogP contribution < -0.4 is 4.74 Å². The molecular formula is C31H31Cl4NO3. The average molecular weight is 607 g/mol. The molecule has 0 amide bonds. The molecule has 1 aliphatic heterocycles. The van der Waals surface area contributed by atoms with E-state index in [0.29, 0.717) is 49.8 Å². The van der Waals surface area contributed by atoms with E-state index in [1.54, 1.807) is 30.3 Å². The number of Topliss-reactive ketones (excluding diaryl/α,β-unsaturated/α-hetero) is 2. The van der Waals surface area contributed by atoms with E-state index in [1.807, 2.05) is 7.05 Å². The zero-order chi connectivity index (χ0) is 28.4. The third kappa shape index (κ3) is 5.38. The number of benzene rings is 2. The number of nitrogens with zero attached hydrogens (tertiary/aromatic N) is 1. The van der Waals surface area contributed by atoms with E-state index in [1.165, 1.54) is 0 Å². The molecule has 0 saturated heterocycles. The van der Waals surface area contributed by atoms with Crippen LogP contribution in [0.15, 0.2) is 52.9 Å². The number of allylic oxidation sites excluding steroid dienone is 4. The summed E-state index contributed by atoms with van der Waals surface area (Å²) in [6, 6.07) is 8.72. The zero-order valence-electron chi connectivity index (χ0n) is 22.7. The fraction of sp³-hybridized carbons (Fsp3) is 0.419. The lowest BCUT2D eigenvalue weighted by Crippen LogP contribution is -2.43. The van der Waals surface area contributed by atoms with Crippen LogP contribution in [-0.4, -0.2) is 23.5 Å². The van der Waals surface area contributed by atoms with Gasteiger partial charge < -0.3 is 9.64 Å². The Morgan fingerprint density at radius 2 is 1.31 bits per heavy atom. The van der Waals surface area contributed by atoms with Crippen LogP contribution in [0.4, 0.5) is 0 Å². The maximum atomic E-state index is 13.7. The number of carbonyl (C=O) groups is 2. The van der Waals surface area contributed by atoms with Crippen molar-refractivity contribution >= 4 is 58.0 Å². The molecule has 39 heavy (non-hydrogen) atoms. The summed E-state index contributed by atoms with van der Waals surface area (Å²) in [4.78, 5) is 29.5. The first-order valence-corrected chi connectivity index (χ1v) is 14.5. The summed E-state index contributed by atoms with van der Waals surface area (Å²) in [6.45, 7) is 8.61. The maximum Gasteiger partial charge on any atom is 0.162 e. The number of hydrogen-bond acceptors (Lipinski definition) is 4. The van der Waals surface area contributed by atoms with Crippen molar-refractivity contribution in [1.82, 2.24) is 4.90 Å². The highest BCUT2D eigenvalue weighted by molar-refractivity contribution is 6.37. The van der Waals surface area contributed by atoms with Crippen LogP contribution in [0.5, 0.6) is 5.75 Å². The monoisotopic (exact) mass is 605 g/mol. The van der Waals surface area contributed by atoms with Crippen LogP contribution in [0.2, 0.25) is 20.1 Å². The van der Waals surface area contributed by atoms with Crippen LogP contribution in [0.1, 0.15) is 70.4 Å². The van der Waals surface area contributed by atoms with E-state index in [2.05, 4.69) is 32.6 Å². The van der Waals surface area contributed by atoms with E-state index in [4.69, 9.17) is 51.1 Å². The van der Waals surface area contributed by atoms with Gasteiger partial charge in [0.15, 0.2) is 17.3 Å². The number of ether oxygens (including phenoxy) is 1. The van der Waals surface area contributed by atoms with Crippen molar-refractivity contribution in [1.29, 1.82) is 0 Å². The molecule has 5 rings (SSSR count). The number of ketones is 2. The Hall–Kier alpha value is -1.98. The highest BCUT2D eigenvalue weighted by Crippen LogP contribution is 2.54. The second kappa shape index (κ2) is 10.1. The first-order chi connectivity index (χ1) is 18.2. The molecule has 206 valence electrons. The lowest BCUT2D eigenvalue weighted by molar-refractivity contribution is -0.119. The van der Waals surface area contributed by atoms with Gasteiger partial charge in [-0.05, 0) is 53.5 Å². The first kappa shape index (κ1) is 28.5. The van der Waals surface area contributed by atoms with Crippen molar-refractivity contribution in [3.8, 4) is 5.75 Å². The number of halogens is 4. The van der Waals surface area contributed by atoms with Gasteiger partial charge >= 0.3 is 0 Å². The smallest absolute Gasteiger partial charge is 0.162 e. The molecule has 0 radical (unpaired) electrons. The molecule has 3 aliphatic rings. The van der Waals surface area contributed by atoms with Gasteiger partial charge in [-0.15, -0.1) is 0 Å². The molecule has 0 N–H and O–H groups in total. The van der Waals surface area contributed by atoms with Crippen LogP contribution >= 0.6 is 46.4 Å². The zero-order valence-corrected chi connectivity index (χ0v) is 25.7. The lowest BCUT2D eigenvalue weighted by atomic mass is 9.64. The van der Waals surface area contributed by atoms with Crippen molar-refractivity contribution in [2.24, 2.45) is 10.8 Å². The lowest BCUT2D eigenvalue weighted by Gasteiger charge is -2.48. The standard InChI is InChI=1S/C31H31Cl4NO3/c1-30(2)11-22-27(24(37)13-30)26(28-23(36(22)5)12-31(3,4)14-25(28)38)17-8-20(34)29(21(35)9-17)39-15-16-6-7-18(32)10-19(16)33/h6-10,26H,11-15H2,1-5H3. The Morgan fingerprint density at radius 3 is 1.79 bits per heavy atom. The molecule has 0 aromatic heterocycles. The molecule has 0 bridgehead atoms. The van der Waals surface area contributed by atoms with Crippen molar-refractivity contribution in [3.05, 3.63) is 84.1 Å². The SMILES string of the molecule is CN1C2=C(C(=O)CC(C)(C)C2)C(c2cc(Cl)c(OCc3ccc(Cl)cc3Cl)c(Cl)c2)C2=C1CC(C)(C)CC2=O. The highest BCUT2D eigenvalue weighted by atomic mass is 35.5. The fourth-order valence-corrected chi connectivity index (χ4v) is 7.25. The molecular weight excluding hydrogens is 576 g/mol. The summed E-state index contributed by atoms with van der Waals surface area (Å²) in [7, 11) is 1.99. The van der Waals surface area contributed by atoms with Gasteiger partial charge in [-0.25, -0.2) is 0 Å². The second-order valence-corrected chi connectivity index (χ2v) is 14.1. The summed E-state index contributed by atoms with van der Waals surface area (Å²) < 4.78 is 5.99. The molecule has 0 atom stereocenters. The van der Waals surface area contributed by atoms with Crippen LogP contribution in [0.3, 0.4) is 0 Å². The topological polar surface area (TPSA) is 46.6 Å². The minimum atomic E-state index is -0.520. The van der Waals surface area contributed by atoms with Gasteiger partial charge in [0.2, 0.25) is 0 Å². The number of rotatable bonds is 4. The van der Waals surface area contributed by atoms with Gasteiger partial charge in [0.25, 0.3) is 0 Å². The molecule has 1 heterocycles. The number of hydrogen-bond donors (Lipinski definition) is 0. The molecule has 4 nitrogen and oxygen atoms in total. The summed E-state index contributed by atoms with van der Waals surface area (Å²) in [5, 5.41) is 1.62. The minimum absolute atomic E-state index is 0.0623. The average Bonchev–Trinajstić information content (AvgIpc) is 2.79. The van der Waals surface area contributed by atoms with Crippen molar-refractivity contribution in [2.45, 2.75) is 65.9 Å². The van der Waals surface area contributed by atoms with Gasteiger partial charge in [-0.3, -0.25) is 9.59 Å². The van der Waals surface area contributed by atoms with Gasteiger partial charge in [0.05, 0.1) is 10.0 Å². The molecule has 0 unspecified atom stereocenters. The normalized spacial score (nSPS) is 20.8. The predicted octanol–water partition coefficient (Wildman–Crippen LogP) is 9.19. The third-order valence-electron chi connectivity index (χ3n) is 7.92. The van der Waals surface area contributed by atoms with E-state index >= 15 is 0 Å². The van der Waals surface area contributed by atoms with Gasteiger partial charge in [0, 0.05) is 64.0 Å². The van der Waals surface area contributed by atoms with Gasteiger partial charge in [0.1, 0.15) is 6.61 Å². The third-order valence-corrected chi connectivity index (χ3v) is 9.07. The van der Waals surface area contributed by atoms with Gasteiger partial charge in [-0.2, -0.15) is 0 Å². The largest absolute Gasteiger partial charge is 0.486 e. The Morgan fingerprint density at radius 1 is 0.795 bits per heavy atom. The maximum absolute atomic E-state index is 13.7. The molecule has 2 aromatic carbocycles. The molecule has 2 aliphatic carbocycles. The Bertz CT molecular complexity index is 1390. The van der Waals surface area contributed by atoms with Gasteiger partial charge in [-0.1, -0.05) is 80.2 Å². The highest BCUT2D eigenvalue weighted by Gasteiger charge is 2.48. The quantitative estimate of drug-likeness (QED) is 0.348. The van der Waals surface area contributed by atoms with Crippen molar-refractivity contribution in [2.75, 3.05) is 7.05 Å². The van der Waals surface area contributed by atoms with Crippen LogP contribution in [0, 0.1) is 10.8 Å². The van der Waals surface area contributed by atoms with Crippen molar-refractivity contribution in [3.63, 3.8) is 0 Å². The predicted molar refractivity (Wildman–Crippen MR) is 158 cm³/mol.